The number of fused-ring (bicyclic) bond motifs is 1. The lowest BCUT2D eigenvalue weighted by molar-refractivity contribution is -0.115. The molecule has 0 saturated carbocycles. The summed E-state index contributed by atoms with van der Waals surface area (Å²) in [6.07, 6.45) is 5.63. The summed E-state index contributed by atoms with van der Waals surface area (Å²) in [7, 11) is 0. The van der Waals surface area contributed by atoms with E-state index in [9.17, 15) is 9.59 Å². The zero-order chi connectivity index (χ0) is 16.2. The normalized spacial score (nSPS) is 20.0. The summed E-state index contributed by atoms with van der Waals surface area (Å²) in [6.45, 7) is 14.1. The molecule has 0 N–H and O–H groups in total. The minimum absolute atomic E-state index is 0.00407. The number of carbonyl (C=O) groups excluding carboxylic acids is 2. The maximum atomic E-state index is 12.5. The van der Waals surface area contributed by atoms with Crippen LogP contribution in [0.15, 0.2) is 46.1 Å². The van der Waals surface area contributed by atoms with Gasteiger partial charge in [-0.15, -0.1) is 0 Å². The van der Waals surface area contributed by atoms with Crippen LogP contribution in [-0.4, -0.2) is 11.6 Å². The number of carbonyl (C=O) groups is 2. The van der Waals surface area contributed by atoms with Crippen LogP contribution in [0.5, 0.6) is 0 Å². The fraction of sp³-hybridized carbons (Fsp3) is 0.474. The van der Waals surface area contributed by atoms with Crippen molar-refractivity contribution in [3.63, 3.8) is 0 Å². The highest BCUT2D eigenvalue weighted by Crippen LogP contribution is 2.40. The molecule has 0 bridgehead atoms. The Morgan fingerprint density at radius 3 is 1.86 bits per heavy atom. The van der Waals surface area contributed by atoms with Crippen LogP contribution in [0.4, 0.5) is 0 Å². The molecule has 2 aliphatic carbocycles. The van der Waals surface area contributed by atoms with E-state index >= 15 is 0 Å². The summed E-state index contributed by atoms with van der Waals surface area (Å²) >= 11 is 0. The third-order valence-corrected chi connectivity index (χ3v) is 4.07. The standard InChI is InChI=1S/C19H24O2/c1-11-16-12(9-14(17(11)21)19(5,6)7)8-13(10-15(16)20)18(2,3)4/h8-10H,1-7H3. The molecule has 2 aliphatic rings. The molecule has 0 fully saturated rings. The smallest absolute Gasteiger partial charge is 0.187 e. The second-order valence-corrected chi connectivity index (χ2v) is 7.95. The Morgan fingerprint density at radius 2 is 1.38 bits per heavy atom. The first-order valence-electron chi connectivity index (χ1n) is 7.39. The highest BCUT2D eigenvalue weighted by Gasteiger charge is 2.34. The first-order chi connectivity index (χ1) is 9.43. The maximum Gasteiger partial charge on any atom is 0.187 e. The Bertz CT molecular complexity index is 651. The molecule has 0 aromatic carbocycles. The number of allylic oxidation sites excluding steroid dienone is 8. The Hall–Kier alpha value is -1.70. The Labute approximate surface area is 127 Å². The molecule has 0 saturated heterocycles. The molecule has 112 valence electrons. The van der Waals surface area contributed by atoms with Crippen LogP contribution < -0.4 is 0 Å². The lowest BCUT2D eigenvalue weighted by Crippen LogP contribution is -2.26. The molecule has 0 unspecified atom stereocenters. The van der Waals surface area contributed by atoms with E-state index in [0.29, 0.717) is 11.1 Å². The SMILES string of the molecule is CC1=C2C(=O)C=C(C(C)(C)C)C=C2C=C(C(C)(C)C)C1=O. The van der Waals surface area contributed by atoms with Crippen LogP contribution in [0.2, 0.25) is 0 Å². The number of ketones is 2. The van der Waals surface area contributed by atoms with E-state index in [0.717, 1.165) is 16.7 Å². The fourth-order valence-electron chi connectivity index (χ4n) is 2.68. The van der Waals surface area contributed by atoms with Gasteiger partial charge in [0.2, 0.25) is 0 Å². The van der Waals surface area contributed by atoms with E-state index in [-0.39, 0.29) is 22.4 Å². The lowest BCUT2D eigenvalue weighted by Gasteiger charge is -2.30. The number of hydrogen-bond donors (Lipinski definition) is 0. The molecule has 0 heterocycles. The average molecular weight is 284 g/mol. The topological polar surface area (TPSA) is 34.1 Å². The Kier molecular flexibility index (Phi) is 3.48. The monoisotopic (exact) mass is 284 g/mol. The van der Waals surface area contributed by atoms with Gasteiger partial charge in [0, 0.05) is 16.7 Å². The van der Waals surface area contributed by atoms with Gasteiger partial charge < -0.3 is 0 Å². The largest absolute Gasteiger partial charge is 0.289 e. The minimum Gasteiger partial charge on any atom is -0.289 e. The van der Waals surface area contributed by atoms with Crippen molar-refractivity contribution in [2.24, 2.45) is 10.8 Å². The highest BCUT2D eigenvalue weighted by molar-refractivity contribution is 6.21. The van der Waals surface area contributed by atoms with Crippen LogP contribution in [0.25, 0.3) is 0 Å². The van der Waals surface area contributed by atoms with Crippen LogP contribution in [0.1, 0.15) is 48.5 Å². The van der Waals surface area contributed by atoms with Crippen LogP contribution in [0, 0.1) is 10.8 Å². The molecule has 0 spiro atoms. The summed E-state index contributed by atoms with van der Waals surface area (Å²) in [5, 5.41) is 0. The molecule has 2 rings (SSSR count). The van der Waals surface area contributed by atoms with Crippen molar-refractivity contribution in [3.05, 3.63) is 46.1 Å². The zero-order valence-electron chi connectivity index (χ0n) is 14.0. The summed E-state index contributed by atoms with van der Waals surface area (Å²) in [5.74, 6) is -0.0527. The van der Waals surface area contributed by atoms with E-state index in [1.165, 1.54) is 0 Å². The van der Waals surface area contributed by atoms with Gasteiger partial charge >= 0.3 is 0 Å². The van der Waals surface area contributed by atoms with Gasteiger partial charge in [-0.3, -0.25) is 9.59 Å². The quantitative estimate of drug-likeness (QED) is 0.663. The second kappa shape index (κ2) is 4.66. The first-order valence-corrected chi connectivity index (χ1v) is 7.39. The average Bonchev–Trinajstić information content (AvgIpc) is 2.30. The summed E-state index contributed by atoms with van der Waals surface area (Å²) in [6, 6.07) is 0. The molecular formula is C19H24O2. The van der Waals surface area contributed by atoms with Gasteiger partial charge in [0.1, 0.15) is 0 Å². The van der Waals surface area contributed by atoms with Crippen LogP contribution in [0.3, 0.4) is 0 Å². The van der Waals surface area contributed by atoms with E-state index in [2.05, 4.69) is 26.8 Å². The van der Waals surface area contributed by atoms with Gasteiger partial charge in [0.05, 0.1) is 0 Å². The zero-order valence-corrected chi connectivity index (χ0v) is 14.0. The molecule has 0 radical (unpaired) electrons. The van der Waals surface area contributed by atoms with Crippen molar-refractivity contribution in [2.45, 2.75) is 48.5 Å². The van der Waals surface area contributed by atoms with Crippen LogP contribution in [-0.2, 0) is 9.59 Å². The van der Waals surface area contributed by atoms with Gasteiger partial charge in [-0.25, -0.2) is 0 Å². The highest BCUT2D eigenvalue weighted by atomic mass is 16.1. The van der Waals surface area contributed by atoms with Crippen molar-refractivity contribution in [2.75, 3.05) is 0 Å². The fourth-order valence-corrected chi connectivity index (χ4v) is 2.68. The van der Waals surface area contributed by atoms with Gasteiger partial charge in [-0.2, -0.15) is 0 Å². The van der Waals surface area contributed by atoms with Gasteiger partial charge in [0.25, 0.3) is 0 Å². The molecule has 2 heteroatoms. The summed E-state index contributed by atoms with van der Waals surface area (Å²) in [4.78, 5) is 25.0. The molecular weight excluding hydrogens is 260 g/mol. The molecule has 0 aliphatic heterocycles. The first kappa shape index (κ1) is 15.7. The third-order valence-electron chi connectivity index (χ3n) is 4.07. The van der Waals surface area contributed by atoms with E-state index in [1.54, 1.807) is 13.0 Å². The van der Waals surface area contributed by atoms with Gasteiger partial charge in [0.15, 0.2) is 11.6 Å². The van der Waals surface area contributed by atoms with Crippen molar-refractivity contribution < 1.29 is 9.59 Å². The van der Waals surface area contributed by atoms with Crippen molar-refractivity contribution in [1.29, 1.82) is 0 Å². The van der Waals surface area contributed by atoms with Crippen molar-refractivity contribution >= 4 is 11.6 Å². The predicted molar refractivity (Wildman–Crippen MR) is 85.9 cm³/mol. The molecule has 0 aromatic rings. The van der Waals surface area contributed by atoms with Crippen LogP contribution >= 0.6 is 0 Å². The molecule has 0 amide bonds. The molecule has 21 heavy (non-hydrogen) atoms. The maximum absolute atomic E-state index is 12.5. The Morgan fingerprint density at radius 1 is 0.810 bits per heavy atom. The number of hydrogen-bond acceptors (Lipinski definition) is 2. The molecule has 0 aromatic heterocycles. The lowest BCUT2D eigenvalue weighted by atomic mass is 9.72. The van der Waals surface area contributed by atoms with E-state index < -0.39 is 0 Å². The van der Waals surface area contributed by atoms with E-state index in [4.69, 9.17) is 0 Å². The van der Waals surface area contributed by atoms with Gasteiger partial charge in [-0.1, -0.05) is 47.6 Å². The number of rotatable bonds is 0. The van der Waals surface area contributed by atoms with Crippen molar-refractivity contribution in [1.82, 2.24) is 0 Å². The van der Waals surface area contributed by atoms with Gasteiger partial charge in [-0.05, 0) is 41.1 Å². The molecule has 2 nitrogen and oxygen atoms in total. The summed E-state index contributed by atoms with van der Waals surface area (Å²) in [5.41, 5.74) is 3.50. The Balaban J connectivity index is 2.65. The minimum atomic E-state index is -0.225. The molecule has 0 atom stereocenters. The third kappa shape index (κ3) is 2.72. The predicted octanol–water partition coefficient (Wildman–Crippen LogP) is 4.34. The van der Waals surface area contributed by atoms with E-state index in [1.807, 2.05) is 26.8 Å². The van der Waals surface area contributed by atoms with Crippen molar-refractivity contribution in [3.8, 4) is 0 Å². The second-order valence-electron chi connectivity index (χ2n) is 7.95. The number of Topliss-reactive ketones (excluding diaryl/α,β-unsaturated/α-hetero) is 1. The summed E-state index contributed by atoms with van der Waals surface area (Å²) < 4.78 is 0.